The van der Waals surface area contributed by atoms with Gasteiger partial charge in [-0.15, -0.1) is 0 Å². The molecule has 124 valence electrons. The fraction of sp³-hybridized carbons (Fsp3) is 0.368. The van der Waals surface area contributed by atoms with Gasteiger partial charge in [-0.3, -0.25) is 0 Å². The van der Waals surface area contributed by atoms with Crippen molar-refractivity contribution in [2.45, 2.75) is 26.0 Å². The van der Waals surface area contributed by atoms with E-state index in [1.807, 2.05) is 49.3 Å². The minimum absolute atomic E-state index is 0.0768. The van der Waals surface area contributed by atoms with Gasteiger partial charge in [-0.05, 0) is 48.7 Å². The minimum Gasteiger partial charge on any atom is -0.392 e. The van der Waals surface area contributed by atoms with Crippen LogP contribution >= 0.6 is 0 Å². The molecule has 1 atom stereocenters. The Morgan fingerprint density at radius 1 is 1.09 bits per heavy atom. The van der Waals surface area contributed by atoms with Crippen LogP contribution in [-0.4, -0.2) is 25.7 Å². The fourth-order valence-corrected chi connectivity index (χ4v) is 2.62. The summed E-state index contributed by atoms with van der Waals surface area (Å²) in [6.07, 6.45) is 0.911. The zero-order valence-corrected chi connectivity index (χ0v) is 14.0. The first-order valence-corrected chi connectivity index (χ1v) is 7.90. The summed E-state index contributed by atoms with van der Waals surface area (Å²) in [5.41, 5.74) is 4.15. The Kier molecular flexibility index (Phi) is 6.13. The Bertz CT molecular complexity index is 626. The molecule has 3 nitrogen and oxygen atoms in total. The highest BCUT2D eigenvalue weighted by atomic mass is 19.1. The van der Waals surface area contributed by atoms with Gasteiger partial charge in [0.25, 0.3) is 0 Å². The second-order valence-electron chi connectivity index (χ2n) is 6.00. The molecule has 0 saturated carbocycles. The van der Waals surface area contributed by atoms with E-state index in [1.54, 1.807) is 6.07 Å². The normalized spacial score (nSPS) is 12.2. The van der Waals surface area contributed by atoms with Gasteiger partial charge in [-0.1, -0.05) is 30.3 Å². The molecule has 0 aliphatic carbocycles. The first-order chi connectivity index (χ1) is 11.0. The first-order valence-electron chi connectivity index (χ1n) is 7.90. The second-order valence-corrected chi connectivity index (χ2v) is 6.00. The fourth-order valence-electron chi connectivity index (χ4n) is 2.62. The SMILES string of the molecule is CC(NCCc1ccc(CO)cc1)c1ccc(F)cc1N(C)C. The summed E-state index contributed by atoms with van der Waals surface area (Å²) in [6.45, 7) is 3.01. The molecule has 0 radical (unpaired) electrons. The quantitative estimate of drug-likeness (QED) is 0.823. The number of benzene rings is 2. The van der Waals surface area contributed by atoms with Crippen LogP contribution in [0.1, 0.15) is 29.7 Å². The highest BCUT2D eigenvalue weighted by Gasteiger charge is 2.12. The van der Waals surface area contributed by atoms with Crippen molar-refractivity contribution in [3.63, 3.8) is 0 Å². The van der Waals surface area contributed by atoms with E-state index in [4.69, 9.17) is 5.11 Å². The maximum atomic E-state index is 13.4. The lowest BCUT2D eigenvalue weighted by molar-refractivity contribution is 0.282. The molecule has 0 aromatic heterocycles. The Morgan fingerprint density at radius 3 is 2.35 bits per heavy atom. The van der Waals surface area contributed by atoms with Gasteiger partial charge in [0, 0.05) is 25.8 Å². The summed E-state index contributed by atoms with van der Waals surface area (Å²) in [4.78, 5) is 1.93. The summed E-state index contributed by atoms with van der Waals surface area (Å²) in [5.74, 6) is -0.214. The number of anilines is 1. The van der Waals surface area contributed by atoms with Crippen molar-refractivity contribution >= 4 is 5.69 Å². The molecular weight excluding hydrogens is 291 g/mol. The molecule has 2 aromatic rings. The van der Waals surface area contributed by atoms with Crippen molar-refractivity contribution < 1.29 is 9.50 Å². The molecule has 0 spiro atoms. The number of rotatable bonds is 7. The molecule has 0 amide bonds. The van der Waals surface area contributed by atoms with Crippen LogP contribution in [0.25, 0.3) is 0 Å². The number of nitrogens with zero attached hydrogens (tertiary/aromatic N) is 1. The molecule has 0 aliphatic heterocycles. The molecule has 0 fully saturated rings. The zero-order valence-electron chi connectivity index (χ0n) is 14.0. The van der Waals surface area contributed by atoms with Gasteiger partial charge in [0.1, 0.15) is 5.82 Å². The van der Waals surface area contributed by atoms with E-state index in [-0.39, 0.29) is 18.5 Å². The van der Waals surface area contributed by atoms with Crippen LogP contribution in [-0.2, 0) is 13.0 Å². The lowest BCUT2D eigenvalue weighted by Gasteiger charge is -2.22. The first kappa shape index (κ1) is 17.4. The van der Waals surface area contributed by atoms with Crippen LogP contribution in [0.3, 0.4) is 0 Å². The monoisotopic (exact) mass is 316 g/mol. The molecule has 4 heteroatoms. The standard InChI is InChI=1S/C19H25FN2O/c1-14(18-9-8-17(20)12-19(18)22(2)3)21-11-10-15-4-6-16(13-23)7-5-15/h4-9,12,14,21,23H,10-11,13H2,1-3H3. The van der Waals surface area contributed by atoms with Crippen LogP contribution < -0.4 is 10.2 Å². The van der Waals surface area contributed by atoms with Crippen LogP contribution in [0.15, 0.2) is 42.5 Å². The third-order valence-corrected chi connectivity index (χ3v) is 4.01. The average molecular weight is 316 g/mol. The summed E-state index contributed by atoms with van der Waals surface area (Å²) < 4.78 is 13.4. The number of aliphatic hydroxyl groups excluding tert-OH is 1. The van der Waals surface area contributed by atoms with Crippen molar-refractivity contribution in [1.29, 1.82) is 0 Å². The van der Waals surface area contributed by atoms with E-state index in [2.05, 4.69) is 12.2 Å². The molecule has 0 bridgehead atoms. The largest absolute Gasteiger partial charge is 0.392 e. The van der Waals surface area contributed by atoms with Gasteiger partial charge >= 0.3 is 0 Å². The van der Waals surface area contributed by atoms with E-state index in [0.717, 1.165) is 29.8 Å². The summed E-state index contributed by atoms with van der Waals surface area (Å²) in [5, 5.41) is 12.5. The third-order valence-electron chi connectivity index (χ3n) is 4.01. The van der Waals surface area contributed by atoms with Crippen molar-refractivity contribution in [3.05, 3.63) is 65.0 Å². The lowest BCUT2D eigenvalue weighted by Crippen LogP contribution is -2.23. The molecule has 0 saturated heterocycles. The smallest absolute Gasteiger partial charge is 0.125 e. The summed E-state index contributed by atoms with van der Waals surface area (Å²) >= 11 is 0. The minimum atomic E-state index is -0.214. The molecule has 2 N–H and O–H groups in total. The number of nitrogens with one attached hydrogen (secondary N) is 1. The third kappa shape index (κ3) is 4.78. The Balaban J connectivity index is 1.95. The molecule has 2 rings (SSSR count). The van der Waals surface area contributed by atoms with E-state index in [1.165, 1.54) is 11.6 Å². The second kappa shape index (κ2) is 8.09. The van der Waals surface area contributed by atoms with Gasteiger partial charge in [0.15, 0.2) is 0 Å². The van der Waals surface area contributed by atoms with Gasteiger partial charge in [0.2, 0.25) is 0 Å². The van der Waals surface area contributed by atoms with E-state index >= 15 is 0 Å². The molecule has 0 aliphatic rings. The molecule has 1 unspecified atom stereocenters. The van der Waals surface area contributed by atoms with E-state index in [9.17, 15) is 4.39 Å². The molecular formula is C19H25FN2O. The van der Waals surface area contributed by atoms with Crippen molar-refractivity contribution in [2.75, 3.05) is 25.5 Å². The highest BCUT2D eigenvalue weighted by Crippen LogP contribution is 2.25. The van der Waals surface area contributed by atoms with Gasteiger partial charge in [-0.2, -0.15) is 0 Å². The maximum Gasteiger partial charge on any atom is 0.125 e. The summed E-state index contributed by atoms with van der Waals surface area (Å²) in [7, 11) is 3.85. The predicted molar refractivity (Wildman–Crippen MR) is 93.2 cm³/mol. The maximum absolute atomic E-state index is 13.4. The number of halogens is 1. The molecule has 2 aromatic carbocycles. The Morgan fingerprint density at radius 2 is 1.74 bits per heavy atom. The zero-order chi connectivity index (χ0) is 16.8. The number of aliphatic hydroxyl groups is 1. The molecule has 0 heterocycles. The number of hydrogen-bond donors (Lipinski definition) is 2. The van der Waals surface area contributed by atoms with Crippen molar-refractivity contribution in [1.82, 2.24) is 5.32 Å². The topological polar surface area (TPSA) is 35.5 Å². The van der Waals surface area contributed by atoms with Crippen molar-refractivity contribution in [3.8, 4) is 0 Å². The molecule has 23 heavy (non-hydrogen) atoms. The predicted octanol–water partition coefficient (Wildman–Crippen LogP) is 3.28. The van der Waals surface area contributed by atoms with Crippen LogP contribution in [0, 0.1) is 5.82 Å². The van der Waals surface area contributed by atoms with Gasteiger partial charge in [-0.25, -0.2) is 4.39 Å². The van der Waals surface area contributed by atoms with Gasteiger partial charge in [0.05, 0.1) is 6.61 Å². The number of hydrogen-bond acceptors (Lipinski definition) is 3. The van der Waals surface area contributed by atoms with Crippen LogP contribution in [0.4, 0.5) is 10.1 Å². The Labute approximate surface area is 137 Å². The van der Waals surface area contributed by atoms with E-state index < -0.39 is 0 Å². The highest BCUT2D eigenvalue weighted by molar-refractivity contribution is 5.54. The average Bonchev–Trinajstić information content (AvgIpc) is 2.55. The van der Waals surface area contributed by atoms with E-state index in [0.29, 0.717) is 0 Å². The summed E-state index contributed by atoms with van der Waals surface area (Å²) in [6, 6.07) is 13.0. The van der Waals surface area contributed by atoms with Gasteiger partial charge < -0.3 is 15.3 Å². The van der Waals surface area contributed by atoms with Crippen LogP contribution in [0.5, 0.6) is 0 Å². The van der Waals surface area contributed by atoms with Crippen LogP contribution in [0.2, 0.25) is 0 Å². The lowest BCUT2D eigenvalue weighted by atomic mass is 10.0. The van der Waals surface area contributed by atoms with Crippen molar-refractivity contribution in [2.24, 2.45) is 0 Å². The Hall–Kier alpha value is -1.91.